The number of nitrogens with two attached hydrogens (primary N) is 1. The molecule has 114 valence electrons. The Labute approximate surface area is 126 Å². The van der Waals surface area contributed by atoms with Crippen molar-refractivity contribution in [3.05, 3.63) is 41.0 Å². The van der Waals surface area contributed by atoms with Crippen LogP contribution in [0.5, 0.6) is 0 Å². The zero-order chi connectivity index (χ0) is 15.7. The van der Waals surface area contributed by atoms with Crippen LogP contribution in [0, 0.1) is 6.92 Å². The first-order valence-electron chi connectivity index (χ1n) is 6.79. The highest BCUT2D eigenvalue weighted by molar-refractivity contribution is 5.88. The van der Waals surface area contributed by atoms with Gasteiger partial charge < -0.3 is 20.9 Å². The number of fused-ring (bicyclic) bond motifs is 1. The van der Waals surface area contributed by atoms with Crippen LogP contribution in [0.25, 0.3) is 0 Å². The minimum Gasteiger partial charge on any atom is -0.373 e. The fourth-order valence-electron chi connectivity index (χ4n) is 2.36. The number of benzene rings is 1. The van der Waals surface area contributed by atoms with E-state index in [0.717, 1.165) is 16.8 Å². The van der Waals surface area contributed by atoms with Crippen LogP contribution in [0.15, 0.2) is 22.7 Å². The van der Waals surface area contributed by atoms with Crippen molar-refractivity contribution in [1.29, 1.82) is 0 Å². The lowest BCUT2D eigenvalue weighted by Crippen LogP contribution is -2.38. The number of aromatic nitrogens is 2. The lowest BCUT2D eigenvalue weighted by atomic mass is 10.1. The lowest BCUT2D eigenvalue weighted by Gasteiger charge is -2.10. The predicted molar refractivity (Wildman–Crippen MR) is 77.0 cm³/mol. The highest BCUT2D eigenvalue weighted by atomic mass is 16.5. The summed E-state index contributed by atoms with van der Waals surface area (Å²) in [5, 5.41) is 9.27. The molecule has 2 heterocycles. The number of amides is 2. The molecule has 1 aliphatic rings. The van der Waals surface area contributed by atoms with E-state index in [1.807, 2.05) is 19.1 Å². The molecule has 0 saturated carbocycles. The van der Waals surface area contributed by atoms with Gasteiger partial charge in [-0.15, -0.1) is 0 Å². The number of nitrogens with one attached hydrogen (secondary N) is 2. The van der Waals surface area contributed by atoms with Gasteiger partial charge in [-0.25, -0.2) is 0 Å². The Kier molecular flexibility index (Phi) is 3.50. The molecule has 8 nitrogen and oxygen atoms in total. The maximum atomic E-state index is 12.2. The van der Waals surface area contributed by atoms with E-state index in [0.29, 0.717) is 6.42 Å². The zero-order valence-corrected chi connectivity index (χ0v) is 11.9. The fraction of sp³-hybridized carbons (Fsp3) is 0.286. The van der Waals surface area contributed by atoms with Crippen LogP contribution < -0.4 is 16.4 Å². The molecule has 1 aromatic heterocycles. The minimum atomic E-state index is -0.774. The van der Waals surface area contributed by atoms with Crippen molar-refractivity contribution in [2.24, 2.45) is 5.73 Å². The quantitative estimate of drug-likeness (QED) is 0.737. The molecule has 0 spiro atoms. The van der Waals surface area contributed by atoms with Gasteiger partial charge in [-0.1, -0.05) is 22.9 Å². The van der Waals surface area contributed by atoms with Gasteiger partial charge in [0.2, 0.25) is 11.8 Å². The van der Waals surface area contributed by atoms with E-state index in [4.69, 9.17) is 10.3 Å². The maximum absolute atomic E-state index is 12.2. The van der Waals surface area contributed by atoms with Crippen LogP contribution >= 0.6 is 0 Å². The average molecular weight is 301 g/mol. The van der Waals surface area contributed by atoms with Crippen LogP contribution in [0.4, 0.5) is 5.69 Å². The zero-order valence-electron chi connectivity index (χ0n) is 11.9. The molecule has 0 saturated heterocycles. The van der Waals surface area contributed by atoms with Crippen LogP contribution in [0.3, 0.4) is 0 Å². The third-order valence-corrected chi connectivity index (χ3v) is 3.43. The monoisotopic (exact) mass is 301 g/mol. The summed E-state index contributed by atoms with van der Waals surface area (Å²) < 4.78 is 4.82. The second-order valence-electron chi connectivity index (χ2n) is 5.16. The Morgan fingerprint density at radius 2 is 2.32 bits per heavy atom. The van der Waals surface area contributed by atoms with Gasteiger partial charge >= 0.3 is 0 Å². The predicted octanol–water partition coefficient (Wildman–Crippen LogP) is 0.130. The summed E-state index contributed by atoms with van der Waals surface area (Å²) in [6.45, 7) is 2.06. The van der Waals surface area contributed by atoms with Gasteiger partial charge in [-0.2, -0.15) is 4.98 Å². The van der Waals surface area contributed by atoms with E-state index >= 15 is 0 Å². The van der Waals surface area contributed by atoms with Crippen molar-refractivity contribution in [2.45, 2.75) is 25.9 Å². The van der Waals surface area contributed by atoms with Crippen molar-refractivity contribution >= 4 is 17.5 Å². The number of primary amides is 1. The molecule has 0 unspecified atom stereocenters. The molecule has 0 radical (unpaired) electrons. The molecule has 1 aromatic carbocycles. The third-order valence-electron chi connectivity index (χ3n) is 3.43. The van der Waals surface area contributed by atoms with E-state index in [9.17, 15) is 9.59 Å². The molecular weight excluding hydrogens is 286 g/mol. The molecule has 3 rings (SSSR count). The van der Waals surface area contributed by atoms with Crippen LogP contribution in [0.2, 0.25) is 0 Å². The Hall–Kier alpha value is -2.90. The molecule has 0 aliphatic carbocycles. The number of rotatable bonds is 4. The largest absolute Gasteiger partial charge is 0.373 e. The van der Waals surface area contributed by atoms with Crippen molar-refractivity contribution in [3.8, 4) is 0 Å². The number of aryl methyl sites for hydroxylation is 1. The van der Waals surface area contributed by atoms with Gasteiger partial charge in [0.05, 0.1) is 6.54 Å². The molecule has 1 aliphatic heterocycles. The number of hydrogen-bond acceptors (Lipinski definition) is 6. The SMILES string of the molecule is Cc1ccc2c(c1)C[C@H](C(=O)NCc1nc(C(N)=O)no1)N2. The molecule has 2 amide bonds. The molecule has 1 atom stereocenters. The van der Waals surface area contributed by atoms with E-state index in [1.54, 1.807) is 0 Å². The summed E-state index contributed by atoms with van der Waals surface area (Å²) in [5.41, 5.74) is 8.27. The molecule has 22 heavy (non-hydrogen) atoms. The summed E-state index contributed by atoms with van der Waals surface area (Å²) in [4.78, 5) is 26.8. The van der Waals surface area contributed by atoms with Crippen LogP contribution in [-0.4, -0.2) is 28.0 Å². The summed E-state index contributed by atoms with van der Waals surface area (Å²) in [6.07, 6.45) is 0.624. The number of anilines is 1. The smallest absolute Gasteiger partial charge is 0.290 e. The Morgan fingerprint density at radius 3 is 3.05 bits per heavy atom. The number of hydrogen-bond donors (Lipinski definition) is 3. The second kappa shape index (κ2) is 5.47. The normalized spacial score (nSPS) is 16.0. The van der Waals surface area contributed by atoms with E-state index in [2.05, 4.69) is 26.8 Å². The Bertz CT molecular complexity index is 740. The minimum absolute atomic E-state index is 0.0483. The lowest BCUT2D eigenvalue weighted by molar-refractivity contribution is -0.122. The van der Waals surface area contributed by atoms with E-state index in [-0.39, 0.29) is 30.2 Å². The number of carbonyl (C=O) groups excluding carboxylic acids is 2. The fourth-order valence-corrected chi connectivity index (χ4v) is 2.36. The van der Waals surface area contributed by atoms with Gasteiger partial charge in [-0.3, -0.25) is 9.59 Å². The van der Waals surface area contributed by atoms with Gasteiger partial charge in [0.1, 0.15) is 6.04 Å². The summed E-state index contributed by atoms with van der Waals surface area (Å²) in [6, 6.07) is 5.69. The van der Waals surface area contributed by atoms with Crippen LogP contribution in [0.1, 0.15) is 27.6 Å². The van der Waals surface area contributed by atoms with Crippen molar-refractivity contribution in [1.82, 2.24) is 15.5 Å². The van der Waals surface area contributed by atoms with Crippen molar-refractivity contribution < 1.29 is 14.1 Å². The molecule has 0 fully saturated rings. The Balaban J connectivity index is 1.58. The Morgan fingerprint density at radius 1 is 1.50 bits per heavy atom. The van der Waals surface area contributed by atoms with Gasteiger partial charge in [0.15, 0.2) is 0 Å². The highest BCUT2D eigenvalue weighted by Gasteiger charge is 2.26. The average Bonchev–Trinajstić information content (AvgIpc) is 3.10. The van der Waals surface area contributed by atoms with E-state index in [1.165, 1.54) is 0 Å². The summed E-state index contributed by atoms with van der Waals surface area (Å²) in [7, 11) is 0. The van der Waals surface area contributed by atoms with Gasteiger partial charge in [0, 0.05) is 12.1 Å². The first-order valence-corrected chi connectivity index (χ1v) is 6.79. The van der Waals surface area contributed by atoms with E-state index < -0.39 is 5.91 Å². The highest BCUT2D eigenvalue weighted by Crippen LogP contribution is 2.26. The second-order valence-corrected chi connectivity index (χ2v) is 5.16. The molecule has 0 bridgehead atoms. The topological polar surface area (TPSA) is 123 Å². The standard InChI is InChI=1S/C14H15N5O3/c1-7-2-3-9-8(4-7)5-10(17-9)14(21)16-6-11-18-13(12(15)20)19-22-11/h2-4,10,17H,5-6H2,1H3,(H2,15,20)(H,16,21)/t10-/m1/s1. The first kappa shape index (κ1) is 14.1. The molecule has 4 N–H and O–H groups in total. The summed E-state index contributed by atoms with van der Waals surface area (Å²) in [5.74, 6) is -1.02. The van der Waals surface area contributed by atoms with Gasteiger partial charge in [-0.05, 0) is 18.6 Å². The van der Waals surface area contributed by atoms with Crippen molar-refractivity contribution in [2.75, 3.05) is 5.32 Å². The molecular formula is C14H15N5O3. The summed E-state index contributed by atoms with van der Waals surface area (Å²) >= 11 is 0. The molecule has 8 heteroatoms. The molecule has 2 aromatic rings. The first-order chi connectivity index (χ1) is 10.5. The van der Waals surface area contributed by atoms with Gasteiger partial charge in [0.25, 0.3) is 11.7 Å². The third kappa shape index (κ3) is 2.76. The number of carbonyl (C=O) groups is 2. The number of nitrogens with zero attached hydrogens (tertiary/aromatic N) is 2. The van der Waals surface area contributed by atoms with Crippen LogP contribution in [-0.2, 0) is 17.8 Å². The maximum Gasteiger partial charge on any atom is 0.290 e. The van der Waals surface area contributed by atoms with Crippen molar-refractivity contribution in [3.63, 3.8) is 0 Å².